The molecule has 0 saturated carbocycles. The second-order valence-electron chi connectivity index (χ2n) is 17.4. The van der Waals surface area contributed by atoms with E-state index in [1.807, 2.05) is 0 Å². The van der Waals surface area contributed by atoms with Gasteiger partial charge in [0.1, 0.15) is 140 Å². The molecule has 0 amide bonds. The zero-order chi connectivity index (χ0) is 52.3. The SMILES string of the molecule is NCCO[C@H]1OC(CO)[C@H](O[C@H]2OC(CO)[C@@H](O[C@@H]3OC(CO)[C@@H](O[C@@H]4OC(C(=O)O)[C@@H](O[C@H]5OC(CO)[C@H](O[C@H]6OC(CO)[C@@H](O)C(O)C6O)[C@H](O)C5O)C(O)[C@@H]4O)C(O)[C@@H]3O)C(O)C2O)[C@H](O)C1O. The fraction of sp³-hybridized carbons (Fsp3) is 0.974. The Labute approximate surface area is 400 Å². The number of carboxylic acids is 1. The lowest BCUT2D eigenvalue weighted by molar-refractivity contribution is -0.393. The van der Waals surface area contributed by atoms with Gasteiger partial charge in [0, 0.05) is 6.54 Å². The lowest BCUT2D eigenvalue weighted by Gasteiger charge is -2.49. The number of aliphatic hydroxyl groups excluding tert-OH is 18. The normalized spacial score (nSPS) is 51.0. The average molecular weight is 1050 g/mol. The third-order valence-corrected chi connectivity index (χ3v) is 12.8. The first kappa shape index (κ1) is 58.5. The number of aliphatic carboxylic acids is 1. The molecular formula is C38H65NO32. The van der Waals surface area contributed by atoms with Crippen molar-refractivity contribution in [2.24, 2.45) is 5.73 Å². The summed E-state index contributed by atoms with van der Waals surface area (Å²) in [4.78, 5) is 12.5. The fourth-order valence-electron chi connectivity index (χ4n) is 8.80. The highest BCUT2D eigenvalue weighted by Gasteiger charge is 2.58. The highest BCUT2D eigenvalue weighted by Crippen LogP contribution is 2.37. The third-order valence-electron chi connectivity index (χ3n) is 12.8. The number of nitrogens with two attached hydrogens (primary N) is 1. The summed E-state index contributed by atoms with van der Waals surface area (Å²) in [7, 11) is 0. The molecule has 6 aliphatic heterocycles. The lowest BCUT2D eigenvalue weighted by Crippen LogP contribution is -2.68. The summed E-state index contributed by atoms with van der Waals surface area (Å²) < 4.78 is 65.8. The van der Waals surface area contributed by atoms with Gasteiger partial charge in [-0.2, -0.15) is 0 Å². The van der Waals surface area contributed by atoms with Crippen LogP contribution in [0.4, 0.5) is 0 Å². The molecule has 33 heteroatoms. The van der Waals surface area contributed by atoms with Crippen molar-refractivity contribution in [3.8, 4) is 0 Å². The van der Waals surface area contributed by atoms with Crippen molar-refractivity contribution in [1.29, 1.82) is 0 Å². The van der Waals surface area contributed by atoms with E-state index >= 15 is 0 Å². The summed E-state index contributed by atoms with van der Waals surface area (Å²) in [6.07, 6.45) is -58.6. The van der Waals surface area contributed by atoms with Crippen LogP contribution in [-0.2, 0) is 61.6 Å². The largest absolute Gasteiger partial charge is 0.479 e. The number of ether oxygens (including phenoxy) is 12. The maximum atomic E-state index is 12.5. The Balaban J connectivity index is 1.08. The van der Waals surface area contributed by atoms with Crippen molar-refractivity contribution in [3.63, 3.8) is 0 Å². The summed E-state index contributed by atoms with van der Waals surface area (Å²) >= 11 is 0. The van der Waals surface area contributed by atoms with Crippen molar-refractivity contribution in [1.82, 2.24) is 0 Å². The second kappa shape index (κ2) is 25.4. The predicted molar refractivity (Wildman–Crippen MR) is 212 cm³/mol. The van der Waals surface area contributed by atoms with Gasteiger partial charge in [-0.05, 0) is 0 Å². The molecule has 6 saturated heterocycles. The van der Waals surface area contributed by atoms with Crippen molar-refractivity contribution < 1.29 is 159 Å². The zero-order valence-corrected chi connectivity index (χ0v) is 37.2. The molecule has 71 heavy (non-hydrogen) atoms. The molecular weight excluding hydrogens is 982 g/mol. The molecule has 0 spiro atoms. The van der Waals surface area contributed by atoms with E-state index < -0.39 is 223 Å². The van der Waals surface area contributed by atoms with Gasteiger partial charge in [-0.25, -0.2) is 4.79 Å². The van der Waals surface area contributed by atoms with Crippen LogP contribution in [-0.4, -0.2) is 333 Å². The van der Waals surface area contributed by atoms with Crippen LogP contribution in [0.2, 0.25) is 0 Å². The minimum absolute atomic E-state index is 0.0190. The Morgan fingerprint density at radius 3 is 0.944 bits per heavy atom. The van der Waals surface area contributed by atoms with Crippen LogP contribution in [0.3, 0.4) is 0 Å². The fourth-order valence-corrected chi connectivity index (χ4v) is 8.80. The van der Waals surface area contributed by atoms with Crippen molar-refractivity contribution >= 4 is 5.97 Å². The van der Waals surface area contributed by atoms with Gasteiger partial charge < -0.3 is 160 Å². The minimum Gasteiger partial charge on any atom is -0.479 e. The van der Waals surface area contributed by atoms with Crippen molar-refractivity contribution in [2.75, 3.05) is 46.2 Å². The maximum absolute atomic E-state index is 12.5. The number of hydrogen-bond donors (Lipinski definition) is 20. The van der Waals surface area contributed by atoms with E-state index in [1.54, 1.807) is 0 Å². The number of aliphatic hydroxyl groups is 18. The molecule has 21 N–H and O–H groups in total. The van der Waals surface area contributed by atoms with Gasteiger partial charge in [0.05, 0.1) is 39.6 Å². The first-order chi connectivity index (χ1) is 33.7. The van der Waals surface area contributed by atoms with Crippen LogP contribution >= 0.6 is 0 Å². The van der Waals surface area contributed by atoms with E-state index in [1.165, 1.54) is 0 Å². The summed E-state index contributed by atoms with van der Waals surface area (Å²) in [5, 5.41) is 201. The zero-order valence-electron chi connectivity index (χ0n) is 37.2. The molecule has 0 bridgehead atoms. The molecule has 33 nitrogen and oxygen atoms in total. The van der Waals surface area contributed by atoms with Crippen LogP contribution in [0, 0.1) is 0 Å². The Kier molecular flexibility index (Phi) is 20.9. The Morgan fingerprint density at radius 2 is 0.620 bits per heavy atom. The summed E-state index contributed by atoms with van der Waals surface area (Å²) in [5.41, 5.74) is 5.40. The lowest BCUT2D eigenvalue weighted by atomic mass is 9.95. The van der Waals surface area contributed by atoms with Crippen molar-refractivity contribution in [2.45, 2.75) is 184 Å². The summed E-state index contributed by atoms with van der Waals surface area (Å²) in [6.45, 7) is -4.87. The van der Waals surface area contributed by atoms with E-state index in [0.717, 1.165) is 0 Å². The number of rotatable bonds is 19. The Bertz CT molecular complexity index is 1640. The molecule has 0 aliphatic carbocycles. The van der Waals surface area contributed by atoms with E-state index in [0.29, 0.717) is 0 Å². The highest BCUT2D eigenvalue weighted by atomic mass is 16.8. The van der Waals surface area contributed by atoms with Crippen LogP contribution in [0.15, 0.2) is 0 Å². The highest BCUT2D eigenvalue weighted by molar-refractivity contribution is 5.73. The molecule has 0 aromatic rings. The van der Waals surface area contributed by atoms with Gasteiger partial charge in [-0.15, -0.1) is 0 Å². The number of carboxylic acid groups (broad SMARTS) is 1. The molecule has 0 radical (unpaired) electrons. The van der Waals surface area contributed by atoms with E-state index in [2.05, 4.69) is 0 Å². The first-order valence-corrected chi connectivity index (χ1v) is 22.3. The first-order valence-electron chi connectivity index (χ1n) is 22.3. The van der Waals surface area contributed by atoms with Crippen LogP contribution in [0.1, 0.15) is 0 Å². The van der Waals surface area contributed by atoms with Crippen LogP contribution in [0.5, 0.6) is 0 Å². The van der Waals surface area contributed by atoms with Crippen LogP contribution < -0.4 is 5.73 Å². The average Bonchev–Trinajstić information content (AvgIpc) is 3.35. The molecule has 0 aromatic heterocycles. The van der Waals surface area contributed by atoms with E-state index in [9.17, 15) is 102 Å². The molecule has 30 atom stereocenters. The monoisotopic (exact) mass is 1050 g/mol. The molecule has 14 unspecified atom stereocenters. The molecule has 0 aromatic carbocycles. The van der Waals surface area contributed by atoms with Crippen molar-refractivity contribution in [3.05, 3.63) is 0 Å². The molecule has 6 heterocycles. The minimum atomic E-state index is -2.36. The van der Waals surface area contributed by atoms with Gasteiger partial charge in [0.15, 0.2) is 43.8 Å². The summed E-state index contributed by atoms with van der Waals surface area (Å²) in [5.74, 6) is -1.91. The van der Waals surface area contributed by atoms with Crippen LogP contribution in [0.25, 0.3) is 0 Å². The topological polar surface area (TPSA) is 538 Å². The Morgan fingerprint density at radius 1 is 0.352 bits per heavy atom. The molecule has 6 fully saturated rings. The number of hydrogen-bond acceptors (Lipinski definition) is 32. The quantitative estimate of drug-likeness (QED) is 0.0571. The van der Waals surface area contributed by atoms with Gasteiger partial charge >= 0.3 is 5.97 Å². The Hall–Kier alpha value is -1.77. The third kappa shape index (κ3) is 12.3. The standard InChI is InChI=1S/C38H65NO32/c39-1-2-60-33-21(53)15(47)26(9(4-41)62-33)67-35-22(54)16(48)28(10(5-42)63-35)68-36-23(55)17(49)29(12(7-44)64-36)69-38-25(57)19(51)30(31(71-38)32(58)59)70-37-24(56)18(50)27(11(6-43)65-37)66-34-20(52)14(46)13(45)8(3-40)61-34/h8-31,33-38,40-57H,1-7,39H2,(H,58,59)/t8?,9?,10?,11?,12?,13-,14?,15-,16?,17?,18-,19?,20?,21?,22?,23+,24?,25+,26+,27+,28-,29-,30+,31?,33+,34-,35-,36+,37-,38-/m1/s1. The van der Waals surface area contributed by atoms with Gasteiger partial charge in [0.2, 0.25) is 0 Å². The smallest absolute Gasteiger partial charge is 0.335 e. The summed E-state index contributed by atoms with van der Waals surface area (Å²) in [6, 6.07) is 0. The van der Waals surface area contributed by atoms with Gasteiger partial charge in [-0.1, -0.05) is 0 Å². The second-order valence-corrected chi connectivity index (χ2v) is 17.4. The molecule has 6 rings (SSSR count). The molecule has 414 valence electrons. The number of carbonyl (C=O) groups is 1. The van der Waals surface area contributed by atoms with Gasteiger partial charge in [0.25, 0.3) is 0 Å². The van der Waals surface area contributed by atoms with E-state index in [-0.39, 0.29) is 13.2 Å². The van der Waals surface area contributed by atoms with E-state index in [4.69, 9.17) is 62.6 Å². The maximum Gasteiger partial charge on any atom is 0.335 e. The van der Waals surface area contributed by atoms with Gasteiger partial charge in [-0.3, -0.25) is 0 Å². The molecule has 6 aliphatic rings. The predicted octanol–water partition coefficient (Wildman–Crippen LogP) is -14.0.